The summed E-state index contributed by atoms with van der Waals surface area (Å²) in [6.45, 7) is 0. The van der Waals surface area contributed by atoms with E-state index < -0.39 is 11.5 Å². The van der Waals surface area contributed by atoms with Crippen LogP contribution in [0.25, 0.3) is 10.9 Å². The van der Waals surface area contributed by atoms with Crippen LogP contribution in [0.3, 0.4) is 0 Å². The van der Waals surface area contributed by atoms with Crippen LogP contribution in [0.1, 0.15) is 0 Å². The maximum absolute atomic E-state index is 11.9. The standard InChI is InChI=1S/C10H7Br3N2O2S/c11-10(12,13)18(16,17)15-9-6-5-7-3-1-2-4-8(7)14-9/h1-6H,(H,14,15). The number of sulfonamides is 1. The van der Waals surface area contributed by atoms with Crippen molar-refractivity contribution in [3.63, 3.8) is 0 Å². The van der Waals surface area contributed by atoms with Crippen LogP contribution >= 0.6 is 47.8 Å². The van der Waals surface area contributed by atoms with Crippen molar-refractivity contribution in [3.8, 4) is 0 Å². The number of benzene rings is 1. The minimum Gasteiger partial charge on any atom is -0.265 e. The molecule has 0 aliphatic carbocycles. The molecule has 1 aromatic carbocycles. The van der Waals surface area contributed by atoms with E-state index in [0.717, 1.165) is 10.9 Å². The highest BCUT2D eigenvalue weighted by atomic mass is 80.0. The summed E-state index contributed by atoms with van der Waals surface area (Å²) in [6, 6.07) is 10.9. The summed E-state index contributed by atoms with van der Waals surface area (Å²) in [7, 11) is -3.68. The van der Waals surface area contributed by atoms with E-state index in [0.29, 0.717) is 0 Å². The zero-order valence-electron chi connectivity index (χ0n) is 8.77. The van der Waals surface area contributed by atoms with Gasteiger partial charge in [-0.25, -0.2) is 13.4 Å². The van der Waals surface area contributed by atoms with Gasteiger partial charge in [0.25, 0.3) is 11.5 Å². The van der Waals surface area contributed by atoms with Crippen LogP contribution in [0.2, 0.25) is 0 Å². The smallest absolute Gasteiger partial charge is 0.265 e. The molecular weight excluding hydrogens is 452 g/mol. The lowest BCUT2D eigenvalue weighted by atomic mass is 10.2. The molecule has 0 saturated heterocycles. The molecule has 1 aromatic heterocycles. The van der Waals surface area contributed by atoms with Crippen molar-refractivity contribution in [3.05, 3.63) is 36.4 Å². The molecule has 0 atom stereocenters. The molecule has 0 unspecified atom stereocenters. The first-order chi connectivity index (χ1) is 8.29. The van der Waals surface area contributed by atoms with E-state index in [1.807, 2.05) is 24.3 Å². The summed E-state index contributed by atoms with van der Waals surface area (Å²) in [6.07, 6.45) is 0. The van der Waals surface area contributed by atoms with Crippen molar-refractivity contribution in [2.24, 2.45) is 0 Å². The van der Waals surface area contributed by atoms with Crippen molar-refractivity contribution >= 4 is 74.5 Å². The van der Waals surface area contributed by atoms with Gasteiger partial charge in [0.2, 0.25) is 0 Å². The molecule has 96 valence electrons. The van der Waals surface area contributed by atoms with Gasteiger partial charge in [-0.2, -0.15) is 0 Å². The maximum Gasteiger partial charge on any atom is 0.270 e. The van der Waals surface area contributed by atoms with E-state index >= 15 is 0 Å². The summed E-state index contributed by atoms with van der Waals surface area (Å²) in [5.74, 6) is 0.261. The number of hydrogen-bond donors (Lipinski definition) is 1. The van der Waals surface area contributed by atoms with E-state index in [9.17, 15) is 8.42 Å². The van der Waals surface area contributed by atoms with Gasteiger partial charge in [-0.15, -0.1) is 0 Å². The van der Waals surface area contributed by atoms with Crippen LogP contribution in [0.15, 0.2) is 36.4 Å². The Bertz CT molecular complexity index is 683. The first-order valence-corrected chi connectivity index (χ1v) is 8.61. The summed E-state index contributed by atoms with van der Waals surface area (Å²) in [4.78, 5) is 4.22. The Balaban J connectivity index is 2.39. The van der Waals surface area contributed by atoms with Crippen LogP contribution in [-0.2, 0) is 10.0 Å². The molecule has 0 amide bonds. The van der Waals surface area contributed by atoms with Gasteiger partial charge in [-0.1, -0.05) is 18.2 Å². The fourth-order valence-corrected chi connectivity index (χ4v) is 2.55. The molecular formula is C10H7Br3N2O2S. The summed E-state index contributed by atoms with van der Waals surface area (Å²) >= 11 is 8.89. The van der Waals surface area contributed by atoms with Crippen molar-refractivity contribution in [1.82, 2.24) is 4.98 Å². The number of rotatable bonds is 2. The third-order valence-corrected chi connectivity index (χ3v) is 7.07. The van der Waals surface area contributed by atoms with Crippen LogP contribution in [-0.4, -0.2) is 14.9 Å². The zero-order valence-corrected chi connectivity index (χ0v) is 14.3. The Labute approximate surface area is 130 Å². The average Bonchev–Trinajstić information content (AvgIpc) is 2.27. The van der Waals surface area contributed by atoms with Gasteiger partial charge < -0.3 is 0 Å². The molecule has 0 bridgehead atoms. The minimum absolute atomic E-state index is 0.261. The van der Waals surface area contributed by atoms with E-state index in [2.05, 4.69) is 57.5 Å². The highest BCUT2D eigenvalue weighted by Gasteiger charge is 2.36. The Hall–Kier alpha value is -0.180. The molecule has 0 radical (unpaired) electrons. The van der Waals surface area contributed by atoms with E-state index in [1.54, 1.807) is 12.1 Å². The summed E-state index contributed by atoms with van der Waals surface area (Å²) in [5, 5.41) is 0.947. The molecule has 1 N–H and O–H groups in total. The number of alkyl halides is 3. The molecule has 8 heteroatoms. The lowest BCUT2D eigenvalue weighted by Gasteiger charge is -2.14. The van der Waals surface area contributed by atoms with Gasteiger partial charge in [-0.3, -0.25) is 4.72 Å². The number of pyridine rings is 1. The lowest BCUT2D eigenvalue weighted by Crippen LogP contribution is -2.26. The number of nitrogens with one attached hydrogen (secondary N) is 1. The maximum atomic E-state index is 11.9. The van der Waals surface area contributed by atoms with Gasteiger partial charge in [0, 0.05) is 5.39 Å². The SMILES string of the molecule is O=S(=O)(Nc1ccc2ccccc2n1)C(Br)(Br)Br. The van der Waals surface area contributed by atoms with Gasteiger partial charge in [0.05, 0.1) is 5.52 Å². The third-order valence-electron chi connectivity index (χ3n) is 2.14. The molecule has 0 aliphatic rings. The number of aromatic nitrogens is 1. The molecule has 2 rings (SSSR count). The van der Waals surface area contributed by atoms with Crippen molar-refractivity contribution in [2.75, 3.05) is 4.72 Å². The Kier molecular flexibility index (Phi) is 4.01. The van der Waals surface area contributed by atoms with Crippen LogP contribution in [0.4, 0.5) is 5.82 Å². The van der Waals surface area contributed by atoms with Crippen molar-refractivity contribution in [1.29, 1.82) is 0 Å². The number of hydrogen-bond acceptors (Lipinski definition) is 3. The molecule has 18 heavy (non-hydrogen) atoms. The third kappa shape index (κ3) is 3.04. The predicted molar refractivity (Wildman–Crippen MR) is 83.8 cm³/mol. The quantitative estimate of drug-likeness (QED) is 0.697. The number of nitrogens with zero attached hydrogens (tertiary/aromatic N) is 1. The number of para-hydroxylation sites is 1. The van der Waals surface area contributed by atoms with E-state index in [1.165, 1.54) is 0 Å². The minimum atomic E-state index is -3.68. The molecule has 0 fully saturated rings. The van der Waals surface area contributed by atoms with Gasteiger partial charge >= 0.3 is 0 Å². The zero-order chi connectivity index (χ0) is 13.4. The van der Waals surface area contributed by atoms with Crippen LogP contribution in [0, 0.1) is 0 Å². The largest absolute Gasteiger partial charge is 0.270 e. The van der Waals surface area contributed by atoms with E-state index in [-0.39, 0.29) is 5.82 Å². The average molecular weight is 459 g/mol. The molecule has 0 spiro atoms. The fourth-order valence-electron chi connectivity index (χ4n) is 1.32. The first-order valence-electron chi connectivity index (χ1n) is 4.74. The van der Waals surface area contributed by atoms with Gasteiger partial charge in [0.15, 0.2) is 0 Å². The summed E-state index contributed by atoms with van der Waals surface area (Å²) in [5.41, 5.74) is 0.724. The van der Waals surface area contributed by atoms with E-state index in [4.69, 9.17) is 0 Å². The highest BCUT2D eigenvalue weighted by Crippen LogP contribution is 2.39. The molecule has 0 aliphatic heterocycles. The lowest BCUT2D eigenvalue weighted by molar-refractivity contribution is 0.603. The Morgan fingerprint density at radius 2 is 1.72 bits per heavy atom. The first kappa shape index (κ1) is 14.2. The topological polar surface area (TPSA) is 59.1 Å². The highest BCUT2D eigenvalue weighted by molar-refractivity contribution is 9.42. The summed E-state index contributed by atoms with van der Waals surface area (Å²) < 4.78 is 24.7. The molecule has 2 aromatic rings. The number of anilines is 1. The second kappa shape index (κ2) is 5.07. The molecule has 0 saturated carbocycles. The number of fused-ring (bicyclic) bond motifs is 1. The van der Waals surface area contributed by atoms with Crippen molar-refractivity contribution < 1.29 is 8.42 Å². The fraction of sp³-hybridized carbons (Fsp3) is 0.100. The van der Waals surface area contributed by atoms with Crippen LogP contribution in [0.5, 0.6) is 0 Å². The molecule has 1 heterocycles. The normalized spacial score (nSPS) is 12.6. The van der Waals surface area contributed by atoms with Crippen molar-refractivity contribution in [2.45, 2.75) is 1.47 Å². The second-order valence-electron chi connectivity index (χ2n) is 3.44. The molecule has 4 nitrogen and oxygen atoms in total. The number of halogens is 3. The van der Waals surface area contributed by atoms with Gasteiger partial charge in [0.1, 0.15) is 5.82 Å². The Morgan fingerprint density at radius 1 is 1.06 bits per heavy atom. The Morgan fingerprint density at radius 3 is 2.39 bits per heavy atom. The predicted octanol–water partition coefficient (Wildman–Crippen LogP) is 3.77. The van der Waals surface area contributed by atoms with Gasteiger partial charge in [-0.05, 0) is 66.0 Å². The monoisotopic (exact) mass is 456 g/mol. The van der Waals surface area contributed by atoms with Crippen LogP contribution < -0.4 is 4.72 Å². The second-order valence-corrected chi connectivity index (χ2v) is 13.6.